The van der Waals surface area contributed by atoms with Crippen molar-refractivity contribution in [1.82, 2.24) is 15.0 Å². The Hall–Kier alpha value is -0.900. The van der Waals surface area contributed by atoms with Gasteiger partial charge in [0.25, 0.3) is 0 Å². The average Bonchev–Trinajstić information content (AvgIpc) is 2.88. The van der Waals surface area contributed by atoms with Crippen LogP contribution in [0.1, 0.15) is 70.5 Å². The maximum Gasteiger partial charge on any atom is 0.0757 e. The zero-order valence-electron chi connectivity index (χ0n) is 12.4. The summed E-state index contributed by atoms with van der Waals surface area (Å²) in [5.74, 6) is 1.55. The van der Waals surface area contributed by atoms with E-state index in [0.717, 1.165) is 24.6 Å². The molecule has 1 saturated carbocycles. The molecule has 1 atom stereocenters. The zero-order chi connectivity index (χ0) is 13.7. The van der Waals surface area contributed by atoms with Gasteiger partial charge in [0.05, 0.1) is 17.9 Å². The van der Waals surface area contributed by atoms with Gasteiger partial charge in [-0.05, 0) is 31.1 Å². The largest absolute Gasteiger partial charge is 0.322 e. The quantitative estimate of drug-likeness (QED) is 0.857. The van der Waals surface area contributed by atoms with E-state index < -0.39 is 0 Å². The van der Waals surface area contributed by atoms with Crippen LogP contribution in [-0.2, 0) is 6.54 Å². The fraction of sp³-hybridized carbons (Fsp3) is 0.867. The second-order valence-corrected chi connectivity index (χ2v) is 5.98. The van der Waals surface area contributed by atoms with Crippen molar-refractivity contribution in [2.45, 2.75) is 71.4 Å². The summed E-state index contributed by atoms with van der Waals surface area (Å²) >= 11 is 0. The summed E-state index contributed by atoms with van der Waals surface area (Å²) in [7, 11) is 0. The number of hydrogen-bond donors (Lipinski definition) is 1. The predicted octanol–water partition coefficient (Wildman–Crippen LogP) is 3.29. The minimum atomic E-state index is 0.115. The van der Waals surface area contributed by atoms with Crippen molar-refractivity contribution < 1.29 is 0 Å². The Morgan fingerprint density at radius 1 is 1.26 bits per heavy atom. The number of hydrogen-bond acceptors (Lipinski definition) is 3. The van der Waals surface area contributed by atoms with Crippen molar-refractivity contribution in [3.05, 3.63) is 11.9 Å². The van der Waals surface area contributed by atoms with Crippen LogP contribution < -0.4 is 5.73 Å². The Morgan fingerprint density at radius 3 is 2.63 bits per heavy atom. The van der Waals surface area contributed by atoms with E-state index in [1.165, 1.54) is 38.5 Å². The summed E-state index contributed by atoms with van der Waals surface area (Å²) in [6, 6.07) is 0.115. The normalized spacial score (nSPS) is 25.4. The first-order valence-electron chi connectivity index (χ1n) is 7.90. The van der Waals surface area contributed by atoms with E-state index in [1.54, 1.807) is 0 Å². The Bertz CT molecular complexity index is 366. The van der Waals surface area contributed by atoms with Crippen molar-refractivity contribution >= 4 is 0 Å². The molecule has 108 valence electrons. The number of rotatable bonds is 6. The Morgan fingerprint density at radius 2 is 2.00 bits per heavy atom. The lowest BCUT2D eigenvalue weighted by Crippen LogP contribution is -2.28. The molecule has 19 heavy (non-hydrogen) atoms. The van der Waals surface area contributed by atoms with Gasteiger partial charge in [0.2, 0.25) is 0 Å². The van der Waals surface area contributed by atoms with Crippen molar-refractivity contribution in [3.8, 4) is 0 Å². The second-order valence-electron chi connectivity index (χ2n) is 5.98. The molecule has 0 aliphatic heterocycles. The first kappa shape index (κ1) is 14.5. The van der Waals surface area contributed by atoms with Gasteiger partial charge < -0.3 is 5.73 Å². The van der Waals surface area contributed by atoms with E-state index in [4.69, 9.17) is 5.73 Å². The van der Waals surface area contributed by atoms with Gasteiger partial charge in [-0.3, -0.25) is 0 Å². The van der Waals surface area contributed by atoms with E-state index in [1.807, 2.05) is 10.9 Å². The molecule has 2 N–H and O–H groups in total. The van der Waals surface area contributed by atoms with Crippen LogP contribution in [0.5, 0.6) is 0 Å². The molecule has 2 rings (SSSR count). The molecule has 0 amide bonds. The molecule has 0 radical (unpaired) electrons. The first-order chi connectivity index (χ1) is 9.26. The monoisotopic (exact) mass is 264 g/mol. The Labute approximate surface area is 116 Å². The van der Waals surface area contributed by atoms with Gasteiger partial charge in [0, 0.05) is 6.54 Å². The van der Waals surface area contributed by atoms with E-state index in [0.29, 0.717) is 5.92 Å². The highest BCUT2D eigenvalue weighted by atomic mass is 15.4. The zero-order valence-corrected chi connectivity index (χ0v) is 12.4. The lowest BCUT2D eigenvalue weighted by molar-refractivity contribution is 0.229. The molecule has 1 unspecified atom stereocenters. The van der Waals surface area contributed by atoms with Crippen LogP contribution in [0.2, 0.25) is 0 Å². The minimum Gasteiger partial charge on any atom is -0.322 e. The van der Waals surface area contributed by atoms with Crippen LogP contribution in [0.4, 0.5) is 0 Å². The lowest BCUT2D eigenvalue weighted by Gasteiger charge is -2.32. The lowest BCUT2D eigenvalue weighted by atomic mass is 9.76. The molecule has 1 fully saturated rings. The molecule has 1 heterocycles. The minimum absolute atomic E-state index is 0.115. The highest BCUT2D eigenvalue weighted by Crippen LogP contribution is 2.37. The van der Waals surface area contributed by atoms with Crippen LogP contribution in [0.3, 0.4) is 0 Å². The van der Waals surface area contributed by atoms with Crippen molar-refractivity contribution in [3.63, 3.8) is 0 Å². The van der Waals surface area contributed by atoms with Crippen LogP contribution in [0.15, 0.2) is 6.20 Å². The van der Waals surface area contributed by atoms with Gasteiger partial charge in [0.15, 0.2) is 0 Å². The highest BCUT2D eigenvalue weighted by molar-refractivity contribution is 5.04. The highest BCUT2D eigenvalue weighted by Gasteiger charge is 2.28. The van der Waals surface area contributed by atoms with Gasteiger partial charge in [-0.15, -0.1) is 5.10 Å². The molecule has 1 aromatic rings. The van der Waals surface area contributed by atoms with Crippen LogP contribution in [0.25, 0.3) is 0 Å². The third-order valence-corrected chi connectivity index (χ3v) is 4.52. The van der Waals surface area contributed by atoms with Crippen LogP contribution in [0, 0.1) is 11.8 Å². The summed E-state index contributed by atoms with van der Waals surface area (Å²) in [6.45, 7) is 5.37. The smallest absolute Gasteiger partial charge is 0.0757 e. The van der Waals surface area contributed by atoms with Crippen molar-refractivity contribution in [2.75, 3.05) is 0 Å². The molecule has 0 bridgehead atoms. The Kier molecular flexibility index (Phi) is 5.37. The summed E-state index contributed by atoms with van der Waals surface area (Å²) in [5.41, 5.74) is 7.59. The third-order valence-electron chi connectivity index (χ3n) is 4.52. The fourth-order valence-electron chi connectivity index (χ4n) is 3.40. The molecular formula is C15H28N4. The molecule has 1 aromatic heterocycles. The van der Waals surface area contributed by atoms with Crippen molar-refractivity contribution in [2.24, 2.45) is 17.6 Å². The molecule has 1 aliphatic rings. The van der Waals surface area contributed by atoms with Gasteiger partial charge in [0.1, 0.15) is 0 Å². The summed E-state index contributed by atoms with van der Waals surface area (Å²) in [5, 5.41) is 8.19. The van der Waals surface area contributed by atoms with E-state index >= 15 is 0 Å². The van der Waals surface area contributed by atoms with Crippen molar-refractivity contribution in [1.29, 1.82) is 0 Å². The molecule has 4 heteroatoms. The maximum atomic E-state index is 6.46. The predicted molar refractivity (Wildman–Crippen MR) is 77.6 cm³/mol. The van der Waals surface area contributed by atoms with Crippen LogP contribution in [-0.4, -0.2) is 15.0 Å². The number of nitrogens with zero attached hydrogens (tertiary/aromatic N) is 3. The maximum absolute atomic E-state index is 6.46. The molecule has 1 aliphatic carbocycles. The van der Waals surface area contributed by atoms with E-state index in [2.05, 4.69) is 24.2 Å². The molecule has 0 aromatic carbocycles. The third kappa shape index (κ3) is 3.56. The Balaban J connectivity index is 1.93. The second kappa shape index (κ2) is 7.04. The first-order valence-corrected chi connectivity index (χ1v) is 7.90. The summed E-state index contributed by atoms with van der Waals surface area (Å²) in [4.78, 5) is 0. The molecule has 0 spiro atoms. The molecule has 4 nitrogen and oxygen atoms in total. The van der Waals surface area contributed by atoms with Gasteiger partial charge in [-0.1, -0.05) is 44.7 Å². The molecular weight excluding hydrogens is 236 g/mol. The number of aryl methyl sites for hydroxylation is 1. The average molecular weight is 264 g/mol. The standard InChI is InChI=1S/C15H28N4/c1-3-5-12-6-8-13(9-7-12)15(16)14-11-17-18-19(14)10-4-2/h11-13,15H,3-10,16H2,1-2H3. The SMILES string of the molecule is CCCC1CCC(C(N)c2cnnn2CCC)CC1. The van der Waals surface area contributed by atoms with E-state index in [9.17, 15) is 0 Å². The van der Waals surface area contributed by atoms with Gasteiger partial charge >= 0.3 is 0 Å². The summed E-state index contributed by atoms with van der Waals surface area (Å²) in [6.07, 6.45) is 10.9. The van der Waals surface area contributed by atoms with Gasteiger partial charge in [-0.2, -0.15) is 0 Å². The summed E-state index contributed by atoms with van der Waals surface area (Å²) < 4.78 is 1.99. The van der Waals surface area contributed by atoms with E-state index in [-0.39, 0.29) is 6.04 Å². The number of aromatic nitrogens is 3. The van der Waals surface area contributed by atoms with Gasteiger partial charge in [-0.25, -0.2) is 4.68 Å². The van der Waals surface area contributed by atoms with Crippen LogP contribution >= 0.6 is 0 Å². The topological polar surface area (TPSA) is 56.7 Å². The molecule has 0 saturated heterocycles. The fourth-order valence-corrected chi connectivity index (χ4v) is 3.40. The number of nitrogens with two attached hydrogens (primary N) is 1.